The van der Waals surface area contributed by atoms with Gasteiger partial charge in [0.05, 0.1) is 19.2 Å². The van der Waals surface area contributed by atoms with E-state index in [1.807, 2.05) is 0 Å². The number of hydrogen-bond donors (Lipinski definition) is 1. The molecular formula is C8H9ClFNO2. The van der Waals surface area contributed by atoms with Gasteiger partial charge in [-0.3, -0.25) is 10.3 Å². The van der Waals surface area contributed by atoms with Crippen LogP contribution in [0.2, 0.25) is 5.02 Å². The van der Waals surface area contributed by atoms with E-state index in [2.05, 4.69) is 10.3 Å². The Hall–Kier alpha value is -1.00. The van der Waals surface area contributed by atoms with E-state index in [1.54, 1.807) is 0 Å². The highest BCUT2D eigenvalue weighted by molar-refractivity contribution is 6.31. The van der Waals surface area contributed by atoms with Gasteiger partial charge in [-0.15, -0.1) is 0 Å². The number of nitrogens with one attached hydrogen (secondary N) is 1. The lowest BCUT2D eigenvalue weighted by Crippen LogP contribution is -1.99. The van der Waals surface area contributed by atoms with Crippen LogP contribution in [0.15, 0.2) is 12.1 Å². The van der Waals surface area contributed by atoms with Crippen molar-refractivity contribution in [3.63, 3.8) is 0 Å². The van der Waals surface area contributed by atoms with E-state index in [4.69, 9.17) is 16.3 Å². The Bertz CT molecular complexity index is 306. The van der Waals surface area contributed by atoms with Gasteiger partial charge in [-0.1, -0.05) is 11.6 Å². The summed E-state index contributed by atoms with van der Waals surface area (Å²) in [7, 11) is 2.89. The monoisotopic (exact) mass is 205 g/mol. The predicted octanol–water partition coefficient (Wildman–Crippen LogP) is 2.46. The van der Waals surface area contributed by atoms with E-state index in [1.165, 1.54) is 26.4 Å². The van der Waals surface area contributed by atoms with E-state index >= 15 is 0 Å². The van der Waals surface area contributed by atoms with Gasteiger partial charge in [-0.25, -0.2) is 4.39 Å². The summed E-state index contributed by atoms with van der Waals surface area (Å²) in [5.74, 6) is -0.102. The van der Waals surface area contributed by atoms with Crippen LogP contribution in [0, 0.1) is 5.82 Å². The topological polar surface area (TPSA) is 30.5 Å². The fourth-order valence-corrected chi connectivity index (χ4v) is 1.04. The van der Waals surface area contributed by atoms with Crippen LogP contribution in [-0.2, 0) is 4.84 Å². The molecule has 5 heteroatoms. The smallest absolute Gasteiger partial charge is 0.145 e. The number of ether oxygens (including phenoxy) is 1. The number of hydrogen-bond acceptors (Lipinski definition) is 3. The highest BCUT2D eigenvalue weighted by Crippen LogP contribution is 2.30. The molecule has 0 spiro atoms. The molecule has 3 nitrogen and oxygen atoms in total. The lowest BCUT2D eigenvalue weighted by molar-refractivity contribution is 0.268. The first-order valence-electron chi connectivity index (χ1n) is 3.51. The molecule has 0 aliphatic rings. The minimum absolute atomic E-state index is 0.0125. The molecular weight excluding hydrogens is 197 g/mol. The number of benzene rings is 1. The molecule has 0 fully saturated rings. The second-order valence-corrected chi connectivity index (χ2v) is 2.68. The van der Waals surface area contributed by atoms with Crippen molar-refractivity contribution in [1.29, 1.82) is 0 Å². The molecule has 0 aliphatic carbocycles. The Balaban J connectivity index is 3.09. The van der Waals surface area contributed by atoms with Crippen LogP contribution in [0.3, 0.4) is 0 Å². The van der Waals surface area contributed by atoms with E-state index in [0.29, 0.717) is 11.4 Å². The molecule has 0 saturated carbocycles. The fourth-order valence-electron chi connectivity index (χ4n) is 0.887. The van der Waals surface area contributed by atoms with E-state index in [9.17, 15) is 4.39 Å². The van der Waals surface area contributed by atoms with Crippen molar-refractivity contribution in [3.8, 4) is 5.75 Å². The van der Waals surface area contributed by atoms with Crippen LogP contribution in [0.1, 0.15) is 0 Å². The molecule has 0 radical (unpaired) electrons. The van der Waals surface area contributed by atoms with Gasteiger partial charge in [0.15, 0.2) is 0 Å². The second-order valence-electron chi connectivity index (χ2n) is 2.27. The zero-order valence-electron chi connectivity index (χ0n) is 7.23. The molecule has 0 bridgehead atoms. The van der Waals surface area contributed by atoms with E-state index in [0.717, 1.165) is 0 Å². The summed E-state index contributed by atoms with van der Waals surface area (Å²) in [5, 5.41) is 0.0125. The first-order chi connectivity index (χ1) is 6.19. The summed E-state index contributed by atoms with van der Waals surface area (Å²) in [4.78, 5) is 4.63. The van der Waals surface area contributed by atoms with Gasteiger partial charge in [0, 0.05) is 12.1 Å². The molecule has 0 aliphatic heterocycles. The first-order valence-corrected chi connectivity index (χ1v) is 3.89. The summed E-state index contributed by atoms with van der Waals surface area (Å²) >= 11 is 5.54. The molecule has 0 atom stereocenters. The molecule has 1 N–H and O–H groups in total. The zero-order chi connectivity index (χ0) is 9.84. The predicted molar refractivity (Wildman–Crippen MR) is 48.6 cm³/mol. The lowest BCUT2D eigenvalue weighted by Gasteiger charge is -2.09. The molecule has 1 aromatic rings. The van der Waals surface area contributed by atoms with Crippen molar-refractivity contribution in [2.75, 3.05) is 19.7 Å². The van der Waals surface area contributed by atoms with Crippen LogP contribution < -0.4 is 10.2 Å². The summed E-state index contributed by atoms with van der Waals surface area (Å²) in [6, 6.07) is 2.57. The van der Waals surface area contributed by atoms with Crippen molar-refractivity contribution in [1.82, 2.24) is 0 Å². The van der Waals surface area contributed by atoms with Gasteiger partial charge in [0.1, 0.15) is 17.3 Å². The fraction of sp³-hybridized carbons (Fsp3) is 0.250. The van der Waals surface area contributed by atoms with Gasteiger partial charge >= 0.3 is 0 Å². The first kappa shape index (κ1) is 10.1. The Morgan fingerprint density at radius 1 is 1.38 bits per heavy atom. The SMILES string of the molecule is CONc1cc(F)c(Cl)cc1OC. The molecule has 13 heavy (non-hydrogen) atoms. The average molecular weight is 206 g/mol. The number of methoxy groups -OCH3 is 1. The third-order valence-electron chi connectivity index (χ3n) is 1.45. The van der Waals surface area contributed by atoms with Crippen LogP contribution >= 0.6 is 11.6 Å². The molecule has 1 aromatic carbocycles. The Kier molecular flexibility index (Phi) is 3.33. The van der Waals surface area contributed by atoms with E-state index in [-0.39, 0.29) is 5.02 Å². The average Bonchev–Trinajstić information content (AvgIpc) is 2.11. The second kappa shape index (κ2) is 4.30. The Morgan fingerprint density at radius 3 is 2.62 bits per heavy atom. The maximum atomic E-state index is 12.9. The summed E-state index contributed by atoms with van der Waals surface area (Å²) in [5.41, 5.74) is 2.87. The molecule has 0 unspecified atom stereocenters. The quantitative estimate of drug-likeness (QED) is 0.769. The molecule has 1 rings (SSSR count). The van der Waals surface area contributed by atoms with Crippen LogP contribution in [0.4, 0.5) is 10.1 Å². The molecule has 72 valence electrons. The van der Waals surface area contributed by atoms with Crippen molar-refractivity contribution >= 4 is 17.3 Å². The summed E-state index contributed by atoms with van der Waals surface area (Å²) in [6.45, 7) is 0. The number of rotatable bonds is 3. The molecule has 0 saturated heterocycles. The maximum absolute atomic E-state index is 12.9. The standard InChI is InChI=1S/C8H9ClFNO2/c1-12-8-3-5(9)6(10)4-7(8)11-13-2/h3-4,11H,1-2H3. The van der Waals surface area contributed by atoms with Crippen molar-refractivity contribution < 1.29 is 14.0 Å². The minimum Gasteiger partial charge on any atom is -0.494 e. The van der Waals surface area contributed by atoms with Crippen molar-refractivity contribution in [2.45, 2.75) is 0 Å². The van der Waals surface area contributed by atoms with Gasteiger partial charge in [-0.05, 0) is 0 Å². The van der Waals surface area contributed by atoms with Gasteiger partial charge in [0.25, 0.3) is 0 Å². The largest absolute Gasteiger partial charge is 0.494 e. The maximum Gasteiger partial charge on any atom is 0.145 e. The van der Waals surface area contributed by atoms with Crippen LogP contribution in [0.5, 0.6) is 5.75 Å². The van der Waals surface area contributed by atoms with Crippen molar-refractivity contribution in [2.24, 2.45) is 0 Å². The highest BCUT2D eigenvalue weighted by atomic mass is 35.5. The van der Waals surface area contributed by atoms with Gasteiger partial charge in [0.2, 0.25) is 0 Å². The summed E-state index contributed by atoms with van der Waals surface area (Å²) in [6.07, 6.45) is 0. The van der Waals surface area contributed by atoms with Crippen LogP contribution in [0.25, 0.3) is 0 Å². The number of anilines is 1. The zero-order valence-corrected chi connectivity index (χ0v) is 7.98. The normalized spacial score (nSPS) is 9.85. The lowest BCUT2D eigenvalue weighted by atomic mass is 10.3. The van der Waals surface area contributed by atoms with Gasteiger partial charge in [-0.2, -0.15) is 0 Å². The molecule has 0 heterocycles. The minimum atomic E-state index is -0.526. The van der Waals surface area contributed by atoms with Crippen molar-refractivity contribution in [3.05, 3.63) is 23.0 Å². The third kappa shape index (κ3) is 2.23. The van der Waals surface area contributed by atoms with E-state index < -0.39 is 5.82 Å². The molecule has 0 amide bonds. The highest BCUT2D eigenvalue weighted by Gasteiger charge is 2.08. The molecule has 0 aromatic heterocycles. The Morgan fingerprint density at radius 2 is 2.08 bits per heavy atom. The number of halogens is 2. The van der Waals surface area contributed by atoms with Crippen LogP contribution in [-0.4, -0.2) is 14.2 Å². The third-order valence-corrected chi connectivity index (χ3v) is 1.74. The van der Waals surface area contributed by atoms with Gasteiger partial charge < -0.3 is 4.74 Å². The Labute approximate surface area is 80.4 Å². The summed E-state index contributed by atoms with van der Waals surface area (Å²) < 4.78 is 17.9.